The molecule has 0 fully saturated rings. The first-order valence-electron chi connectivity index (χ1n) is 4.87. The molecule has 0 aliphatic heterocycles. The van der Waals surface area contributed by atoms with Crippen LogP contribution in [0.4, 0.5) is 0 Å². The second-order valence-electron chi connectivity index (χ2n) is 3.24. The molecule has 0 radical (unpaired) electrons. The van der Waals surface area contributed by atoms with E-state index in [1.54, 1.807) is 34.2 Å². The van der Waals surface area contributed by atoms with Crippen molar-refractivity contribution in [2.75, 3.05) is 0 Å². The number of halogens is 1. The fourth-order valence-electron chi connectivity index (χ4n) is 1.40. The van der Waals surface area contributed by atoms with Crippen molar-refractivity contribution in [2.45, 2.75) is 0 Å². The van der Waals surface area contributed by atoms with Gasteiger partial charge in [-0.05, 0) is 28.1 Å². The minimum atomic E-state index is 0.503. The van der Waals surface area contributed by atoms with E-state index in [2.05, 4.69) is 36.1 Å². The molecule has 84 valence electrons. The van der Waals surface area contributed by atoms with Gasteiger partial charge in [0.1, 0.15) is 0 Å². The van der Waals surface area contributed by atoms with Gasteiger partial charge in [-0.3, -0.25) is 0 Å². The summed E-state index contributed by atoms with van der Waals surface area (Å²) in [4.78, 5) is 8.59. The molecule has 0 atom stereocenters. The van der Waals surface area contributed by atoms with Gasteiger partial charge in [0.15, 0.2) is 5.82 Å². The van der Waals surface area contributed by atoms with Gasteiger partial charge in [-0.25, -0.2) is 14.3 Å². The quantitative estimate of drug-likeness (QED) is 0.719. The number of hydrogen-bond acceptors (Lipinski definition) is 4. The Bertz CT molecular complexity index is 616. The maximum absolute atomic E-state index is 4.40. The topological polar surface area (TPSA) is 61.4 Å². The van der Waals surface area contributed by atoms with Gasteiger partial charge < -0.3 is 0 Å². The lowest BCUT2D eigenvalue weighted by molar-refractivity contribution is 0.770. The maximum Gasteiger partial charge on any atom is 0.252 e. The van der Waals surface area contributed by atoms with Crippen molar-refractivity contribution in [3.63, 3.8) is 0 Å². The molecule has 3 heterocycles. The van der Waals surface area contributed by atoms with E-state index < -0.39 is 0 Å². The number of aromatic nitrogens is 6. The standard InChI is InChI=1S/C10H7BrN6/c11-8-7-12-10(17-6-2-4-14-17)15-9(8)16-5-1-3-13-16/h1-7H. The number of nitrogens with zero attached hydrogens (tertiary/aromatic N) is 6. The Balaban J connectivity index is 2.13. The molecule has 0 saturated heterocycles. The Labute approximate surface area is 105 Å². The van der Waals surface area contributed by atoms with Crippen molar-refractivity contribution in [2.24, 2.45) is 0 Å². The number of rotatable bonds is 2. The van der Waals surface area contributed by atoms with Gasteiger partial charge in [-0.1, -0.05) is 0 Å². The van der Waals surface area contributed by atoms with Crippen molar-refractivity contribution >= 4 is 15.9 Å². The Morgan fingerprint density at radius 2 is 1.71 bits per heavy atom. The van der Waals surface area contributed by atoms with E-state index in [1.165, 1.54) is 0 Å². The van der Waals surface area contributed by atoms with E-state index in [-0.39, 0.29) is 0 Å². The highest BCUT2D eigenvalue weighted by atomic mass is 79.9. The third-order valence-corrected chi connectivity index (χ3v) is 2.70. The lowest BCUT2D eigenvalue weighted by Crippen LogP contribution is -2.07. The molecule has 3 aromatic heterocycles. The Hall–Kier alpha value is -2.02. The van der Waals surface area contributed by atoms with E-state index in [0.29, 0.717) is 11.8 Å². The van der Waals surface area contributed by atoms with Crippen LogP contribution in [-0.2, 0) is 0 Å². The summed E-state index contributed by atoms with van der Waals surface area (Å²) in [5.74, 6) is 1.18. The smallest absolute Gasteiger partial charge is 0.221 e. The molecule has 0 saturated carbocycles. The SMILES string of the molecule is Brc1cnc(-n2cccn2)nc1-n1cccn1. The molecular formula is C10H7BrN6. The third kappa shape index (κ3) is 1.84. The van der Waals surface area contributed by atoms with E-state index in [0.717, 1.165) is 4.47 Å². The van der Waals surface area contributed by atoms with Gasteiger partial charge in [-0.15, -0.1) is 0 Å². The fourth-order valence-corrected chi connectivity index (χ4v) is 1.77. The second kappa shape index (κ2) is 4.10. The second-order valence-corrected chi connectivity index (χ2v) is 4.10. The van der Waals surface area contributed by atoms with Crippen LogP contribution in [0.1, 0.15) is 0 Å². The summed E-state index contributed by atoms with van der Waals surface area (Å²) in [7, 11) is 0. The molecule has 3 aromatic rings. The van der Waals surface area contributed by atoms with E-state index in [9.17, 15) is 0 Å². The molecule has 0 bridgehead atoms. The van der Waals surface area contributed by atoms with E-state index >= 15 is 0 Å². The van der Waals surface area contributed by atoms with Crippen LogP contribution in [0, 0.1) is 0 Å². The van der Waals surface area contributed by atoms with Crippen molar-refractivity contribution < 1.29 is 0 Å². The summed E-state index contributed by atoms with van der Waals surface area (Å²) < 4.78 is 4.04. The zero-order chi connectivity index (χ0) is 11.7. The van der Waals surface area contributed by atoms with Crippen LogP contribution in [0.15, 0.2) is 47.6 Å². The third-order valence-electron chi connectivity index (χ3n) is 2.14. The molecule has 0 aliphatic rings. The van der Waals surface area contributed by atoms with Gasteiger partial charge >= 0.3 is 0 Å². The van der Waals surface area contributed by atoms with Gasteiger partial charge in [0.25, 0.3) is 5.95 Å². The minimum Gasteiger partial charge on any atom is -0.221 e. The van der Waals surface area contributed by atoms with Gasteiger partial charge in [0.2, 0.25) is 0 Å². The lowest BCUT2D eigenvalue weighted by Gasteiger charge is -2.05. The van der Waals surface area contributed by atoms with Crippen LogP contribution in [-0.4, -0.2) is 29.5 Å². The predicted octanol–water partition coefficient (Wildman–Crippen LogP) is 1.61. The summed E-state index contributed by atoms with van der Waals surface area (Å²) in [5, 5.41) is 8.22. The zero-order valence-corrected chi connectivity index (χ0v) is 10.2. The molecule has 0 spiro atoms. The van der Waals surface area contributed by atoms with Crippen molar-refractivity contribution in [3.8, 4) is 11.8 Å². The summed E-state index contributed by atoms with van der Waals surface area (Å²) in [6, 6.07) is 3.65. The molecule has 0 unspecified atom stereocenters. The van der Waals surface area contributed by atoms with Crippen LogP contribution in [0.2, 0.25) is 0 Å². The van der Waals surface area contributed by atoms with Crippen LogP contribution >= 0.6 is 15.9 Å². The summed E-state index contributed by atoms with van der Waals surface area (Å²) >= 11 is 3.40. The first-order chi connectivity index (χ1) is 8.34. The first kappa shape index (κ1) is 10.2. The minimum absolute atomic E-state index is 0.503. The predicted molar refractivity (Wildman–Crippen MR) is 64.0 cm³/mol. The molecule has 0 aromatic carbocycles. The molecule has 3 rings (SSSR count). The molecule has 0 N–H and O–H groups in total. The average Bonchev–Trinajstić information content (AvgIpc) is 3.03. The largest absolute Gasteiger partial charge is 0.252 e. The normalized spacial score (nSPS) is 10.6. The molecule has 7 heteroatoms. The summed E-state index contributed by atoms with van der Waals surface area (Å²) in [6.07, 6.45) is 8.66. The van der Waals surface area contributed by atoms with Crippen molar-refractivity contribution in [3.05, 3.63) is 47.6 Å². The number of hydrogen-bond donors (Lipinski definition) is 0. The van der Waals surface area contributed by atoms with E-state index in [4.69, 9.17) is 0 Å². The van der Waals surface area contributed by atoms with Gasteiger partial charge in [0, 0.05) is 31.0 Å². The zero-order valence-electron chi connectivity index (χ0n) is 8.60. The summed E-state index contributed by atoms with van der Waals surface area (Å²) in [6.45, 7) is 0. The Morgan fingerprint density at radius 1 is 1.00 bits per heavy atom. The van der Waals surface area contributed by atoms with Crippen LogP contribution in [0.25, 0.3) is 11.8 Å². The first-order valence-corrected chi connectivity index (χ1v) is 5.66. The molecular weight excluding hydrogens is 284 g/mol. The Kier molecular flexibility index (Phi) is 2.45. The van der Waals surface area contributed by atoms with Crippen LogP contribution in [0.5, 0.6) is 0 Å². The highest BCUT2D eigenvalue weighted by Crippen LogP contribution is 2.17. The molecule has 0 aliphatic carbocycles. The Morgan fingerprint density at radius 3 is 2.35 bits per heavy atom. The summed E-state index contributed by atoms with van der Waals surface area (Å²) in [5.41, 5.74) is 0. The van der Waals surface area contributed by atoms with Crippen LogP contribution in [0.3, 0.4) is 0 Å². The molecule has 17 heavy (non-hydrogen) atoms. The fraction of sp³-hybridized carbons (Fsp3) is 0. The van der Waals surface area contributed by atoms with Crippen molar-refractivity contribution in [1.29, 1.82) is 0 Å². The van der Waals surface area contributed by atoms with Gasteiger partial charge in [-0.2, -0.15) is 15.2 Å². The van der Waals surface area contributed by atoms with Crippen molar-refractivity contribution in [1.82, 2.24) is 29.5 Å². The highest BCUT2D eigenvalue weighted by Gasteiger charge is 2.08. The lowest BCUT2D eigenvalue weighted by atomic mass is 10.6. The molecule has 6 nitrogen and oxygen atoms in total. The highest BCUT2D eigenvalue weighted by molar-refractivity contribution is 9.10. The van der Waals surface area contributed by atoms with E-state index in [1.807, 2.05) is 18.3 Å². The maximum atomic E-state index is 4.40. The van der Waals surface area contributed by atoms with Crippen LogP contribution < -0.4 is 0 Å². The molecule has 0 amide bonds. The monoisotopic (exact) mass is 290 g/mol. The van der Waals surface area contributed by atoms with Gasteiger partial charge in [0.05, 0.1) is 4.47 Å². The average molecular weight is 291 g/mol.